The Bertz CT molecular complexity index is 1120. The van der Waals surface area contributed by atoms with Crippen molar-refractivity contribution in [1.29, 1.82) is 0 Å². The van der Waals surface area contributed by atoms with Gasteiger partial charge in [0, 0.05) is 41.4 Å². The van der Waals surface area contributed by atoms with Crippen LogP contribution in [0.1, 0.15) is 16.8 Å². The van der Waals surface area contributed by atoms with E-state index in [1.807, 2.05) is 24.3 Å². The maximum atomic E-state index is 12.8. The molecule has 3 heterocycles. The van der Waals surface area contributed by atoms with Crippen molar-refractivity contribution in [3.8, 4) is 0 Å². The number of nitrogens with one attached hydrogen (secondary N) is 2. The Hall–Kier alpha value is -2.62. The molecule has 1 fully saturated rings. The van der Waals surface area contributed by atoms with Crippen LogP contribution >= 0.6 is 23.1 Å². The third-order valence-electron chi connectivity index (χ3n) is 5.02. The number of thioether (sulfide) groups is 1. The number of ether oxygens (including phenoxy) is 1. The number of thiazole rings is 1. The quantitative estimate of drug-likeness (QED) is 0.644. The molecule has 0 spiro atoms. The van der Waals surface area contributed by atoms with Crippen molar-refractivity contribution in [2.45, 2.75) is 11.3 Å². The lowest BCUT2D eigenvalue weighted by Crippen LogP contribution is -2.36. The van der Waals surface area contributed by atoms with Gasteiger partial charge >= 0.3 is 0 Å². The molecular weight excluding hydrogens is 420 g/mol. The molecule has 1 saturated heterocycles. The number of hydrogen-bond donors (Lipinski definition) is 2. The Kier molecular flexibility index (Phi) is 5.32. The SMILES string of the molecule is O=C1CCSc2ccc(C(=O)Nc3ccc4nc(N5CCOCC5)sc4c3)cc2N1. The number of carbonyl (C=O) groups excluding carboxylic acids is 2. The highest BCUT2D eigenvalue weighted by molar-refractivity contribution is 7.99. The van der Waals surface area contributed by atoms with Gasteiger partial charge in [0.2, 0.25) is 5.91 Å². The molecule has 2 aromatic carbocycles. The molecule has 7 nitrogen and oxygen atoms in total. The molecule has 3 aromatic rings. The van der Waals surface area contributed by atoms with E-state index in [9.17, 15) is 9.59 Å². The molecule has 0 aliphatic carbocycles. The highest BCUT2D eigenvalue weighted by Crippen LogP contribution is 2.33. The number of morpholine rings is 1. The Balaban J connectivity index is 1.35. The zero-order valence-electron chi connectivity index (χ0n) is 16.1. The average molecular weight is 441 g/mol. The predicted molar refractivity (Wildman–Crippen MR) is 121 cm³/mol. The maximum Gasteiger partial charge on any atom is 0.255 e. The summed E-state index contributed by atoms with van der Waals surface area (Å²) in [5.74, 6) is 0.509. The van der Waals surface area contributed by atoms with E-state index in [1.54, 1.807) is 35.2 Å². The molecule has 154 valence electrons. The van der Waals surface area contributed by atoms with Crippen LogP contribution in [0.4, 0.5) is 16.5 Å². The molecule has 2 N–H and O–H groups in total. The second-order valence-corrected chi connectivity index (χ2v) is 9.24. The summed E-state index contributed by atoms with van der Waals surface area (Å²) in [5, 5.41) is 6.82. The fraction of sp³-hybridized carbons (Fsp3) is 0.286. The van der Waals surface area contributed by atoms with E-state index in [0.29, 0.717) is 17.7 Å². The standard InChI is InChI=1S/C21H20N4O3S2/c26-19-5-10-29-17-4-1-13(11-16(17)23-19)20(27)22-14-2-3-15-18(12-14)30-21(24-15)25-6-8-28-9-7-25/h1-4,11-12H,5-10H2,(H,22,27)(H,23,26). The van der Waals surface area contributed by atoms with E-state index >= 15 is 0 Å². The molecule has 9 heteroatoms. The summed E-state index contributed by atoms with van der Waals surface area (Å²) in [7, 11) is 0. The lowest BCUT2D eigenvalue weighted by Gasteiger charge is -2.25. The van der Waals surface area contributed by atoms with Gasteiger partial charge in [0.1, 0.15) is 0 Å². The van der Waals surface area contributed by atoms with Crippen molar-refractivity contribution in [3.05, 3.63) is 42.0 Å². The van der Waals surface area contributed by atoms with Crippen molar-refractivity contribution in [2.24, 2.45) is 0 Å². The van der Waals surface area contributed by atoms with Crippen LogP contribution in [-0.4, -0.2) is 48.9 Å². The topological polar surface area (TPSA) is 83.6 Å². The Labute approximate surface area is 181 Å². The first-order chi connectivity index (χ1) is 14.7. The summed E-state index contributed by atoms with van der Waals surface area (Å²) in [6.07, 6.45) is 0.474. The molecule has 30 heavy (non-hydrogen) atoms. The van der Waals surface area contributed by atoms with Gasteiger partial charge in [-0.15, -0.1) is 11.8 Å². The van der Waals surface area contributed by atoms with E-state index in [-0.39, 0.29) is 11.8 Å². The van der Waals surface area contributed by atoms with Gasteiger partial charge in [-0.3, -0.25) is 9.59 Å². The van der Waals surface area contributed by atoms with Crippen molar-refractivity contribution in [3.63, 3.8) is 0 Å². The monoisotopic (exact) mass is 440 g/mol. The molecule has 0 saturated carbocycles. The van der Waals surface area contributed by atoms with Crippen LogP contribution in [0.25, 0.3) is 10.2 Å². The first-order valence-electron chi connectivity index (χ1n) is 9.77. The predicted octanol–water partition coefficient (Wildman–Crippen LogP) is 3.82. The Morgan fingerprint density at radius 1 is 1.17 bits per heavy atom. The molecular formula is C21H20N4O3S2. The number of hydrogen-bond acceptors (Lipinski definition) is 7. The molecule has 0 radical (unpaired) electrons. The first kappa shape index (κ1) is 19.3. The van der Waals surface area contributed by atoms with Gasteiger partial charge in [-0.1, -0.05) is 11.3 Å². The third-order valence-corrected chi connectivity index (χ3v) is 7.17. The van der Waals surface area contributed by atoms with Crippen molar-refractivity contribution >= 4 is 61.6 Å². The molecule has 2 aliphatic rings. The van der Waals surface area contributed by atoms with E-state index in [2.05, 4.69) is 15.5 Å². The van der Waals surface area contributed by atoms with Gasteiger partial charge < -0.3 is 20.3 Å². The lowest BCUT2D eigenvalue weighted by atomic mass is 10.1. The fourth-order valence-electron chi connectivity index (χ4n) is 3.44. The van der Waals surface area contributed by atoms with E-state index in [0.717, 1.165) is 58.0 Å². The molecule has 5 rings (SSSR count). The van der Waals surface area contributed by atoms with Gasteiger partial charge in [-0.25, -0.2) is 4.98 Å². The number of aromatic nitrogens is 1. The van der Waals surface area contributed by atoms with Crippen molar-refractivity contribution in [2.75, 3.05) is 47.6 Å². The van der Waals surface area contributed by atoms with E-state index < -0.39 is 0 Å². The largest absolute Gasteiger partial charge is 0.378 e. The third kappa shape index (κ3) is 4.00. The van der Waals surface area contributed by atoms with Gasteiger partial charge in [0.25, 0.3) is 5.91 Å². The van der Waals surface area contributed by atoms with Crippen molar-refractivity contribution < 1.29 is 14.3 Å². The lowest BCUT2D eigenvalue weighted by molar-refractivity contribution is -0.115. The summed E-state index contributed by atoms with van der Waals surface area (Å²) in [4.78, 5) is 32.5. The summed E-state index contributed by atoms with van der Waals surface area (Å²) >= 11 is 3.24. The van der Waals surface area contributed by atoms with Gasteiger partial charge in [-0.05, 0) is 36.4 Å². The minimum Gasteiger partial charge on any atom is -0.378 e. The Morgan fingerprint density at radius 2 is 2.03 bits per heavy atom. The molecule has 0 bridgehead atoms. The second-order valence-electron chi connectivity index (χ2n) is 7.09. The number of carbonyl (C=O) groups is 2. The minimum absolute atomic E-state index is 0.0227. The maximum absolute atomic E-state index is 12.8. The zero-order valence-corrected chi connectivity index (χ0v) is 17.8. The van der Waals surface area contributed by atoms with Gasteiger partial charge in [0.05, 0.1) is 29.1 Å². The van der Waals surface area contributed by atoms with E-state index in [1.165, 1.54) is 0 Å². The molecule has 2 amide bonds. The van der Waals surface area contributed by atoms with Crippen LogP contribution in [0.5, 0.6) is 0 Å². The summed E-state index contributed by atoms with van der Waals surface area (Å²) in [5.41, 5.74) is 2.85. The summed E-state index contributed by atoms with van der Waals surface area (Å²) < 4.78 is 6.44. The number of nitrogens with zero attached hydrogens (tertiary/aromatic N) is 2. The summed E-state index contributed by atoms with van der Waals surface area (Å²) in [6, 6.07) is 11.2. The number of anilines is 3. The Morgan fingerprint density at radius 3 is 2.90 bits per heavy atom. The van der Waals surface area contributed by atoms with Crippen LogP contribution in [-0.2, 0) is 9.53 Å². The van der Waals surface area contributed by atoms with Gasteiger partial charge in [-0.2, -0.15) is 0 Å². The minimum atomic E-state index is -0.210. The van der Waals surface area contributed by atoms with Crippen LogP contribution in [0.2, 0.25) is 0 Å². The van der Waals surface area contributed by atoms with Crippen LogP contribution < -0.4 is 15.5 Å². The van der Waals surface area contributed by atoms with Crippen LogP contribution in [0.3, 0.4) is 0 Å². The molecule has 2 aliphatic heterocycles. The number of fused-ring (bicyclic) bond motifs is 2. The number of amides is 2. The average Bonchev–Trinajstić information content (AvgIpc) is 3.09. The highest BCUT2D eigenvalue weighted by Gasteiger charge is 2.18. The molecule has 0 atom stereocenters. The van der Waals surface area contributed by atoms with Crippen molar-refractivity contribution in [1.82, 2.24) is 4.98 Å². The normalized spacial score (nSPS) is 16.7. The highest BCUT2D eigenvalue weighted by atomic mass is 32.2. The fourth-order valence-corrected chi connectivity index (χ4v) is 5.44. The zero-order chi connectivity index (χ0) is 20.5. The van der Waals surface area contributed by atoms with Gasteiger partial charge in [0.15, 0.2) is 5.13 Å². The van der Waals surface area contributed by atoms with Crippen LogP contribution in [0, 0.1) is 0 Å². The van der Waals surface area contributed by atoms with E-state index in [4.69, 9.17) is 9.72 Å². The smallest absolute Gasteiger partial charge is 0.255 e. The second kappa shape index (κ2) is 8.25. The van der Waals surface area contributed by atoms with Crippen LogP contribution in [0.15, 0.2) is 41.3 Å². The first-order valence-corrected chi connectivity index (χ1v) is 11.6. The summed E-state index contributed by atoms with van der Waals surface area (Å²) in [6.45, 7) is 3.13. The molecule has 0 unspecified atom stereocenters. The number of rotatable bonds is 3. The molecule has 1 aromatic heterocycles. The number of benzene rings is 2.